The van der Waals surface area contributed by atoms with Gasteiger partial charge in [0, 0.05) is 6.20 Å². The molecule has 0 unspecified atom stereocenters. The summed E-state index contributed by atoms with van der Waals surface area (Å²) in [6.07, 6.45) is 1.41. The number of pyridine rings is 1. The molecule has 76 valence electrons. The Bertz CT molecular complexity index is 494. The van der Waals surface area contributed by atoms with Gasteiger partial charge in [0.25, 0.3) is 0 Å². The average Bonchev–Trinajstić information content (AvgIpc) is 2.67. The van der Waals surface area contributed by atoms with E-state index in [4.69, 9.17) is 16.7 Å². The number of H-pyrrole nitrogens is 1. The van der Waals surface area contributed by atoms with Crippen LogP contribution < -0.4 is 0 Å². The summed E-state index contributed by atoms with van der Waals surface area (Å²) < 4.78 is 0. The van der Waals surface area contributed by atoms with Crippen LogP contribution in [-0.2, 0) is 0 Å². The van der Waals surface area contributed by atoms with E-state index in [1.807, 2.05) is 0 Å². The molecule has 0 amide bonds. The van der Waals surface area contributed by atoms with Crippen LogP contribution in [0.25, 0.3) is 11.4 Å². The smallest absolute Gasteiger partial charge is 0.356 e. The second-order valence-corrected chi connectivity index (χ2v) is 3.14. The van der Waals surface area contributed by atoms with E-state index in [1.54, 1.807) is 12.1 Å². The van der Waals surface area contributed by atoms with Gasteiger partial charge in [0.05, 0.1) is 10.7 Å². The molecule has 0 atom stereocenters. The molecule has 2 aromatic heterocycles. The molecule has 0 radical (unpaired) electrons. The molecule has 0 saturated carbocycles. The highest BCUT2D eigenvalue weighted by molar-refractivity contribution is 6.30. The molecule has 0 aromatic carbocycles. The third-order valence-electron chi connectivity index (χ3n) is 1.73. The van der Waals surface area contributed by atoms with E-state index in [1.165, 1.54) is 6.20 Å². The Balaban J connectivity index is 2.49. The van der Waals surface area contributed by atoms with Gasteiger partial charge >= 0.3 is 5.97 Å². The maximum atomic E-state index is 10.8. The number of hydrogen-bond acceptors (Lipinski definition) is 4. The van der Waals surface area contributed by atoms with Gasteiger partial charge in [-0.2, -0.15) is 0 Å². The zero-order valence-corrected chi connectivity index (χ0v) is 8.06. The van der Waals surface area contributed by atoms with E-state index in [0.717, 1.165) is 0 Å². The lowest BCUT2D eigenvalue weighted by Crippen LogP contribution is -1.99. The minimum Gasteiger partial charge on any atom is -0.476 e. The zero-order chi connectivity index (χ0) is 10.8. The molecule has 0 saturated heterocycles. The van der Waals surface area contributed by atoms with Gasteiger partial charge in [0.15, 0.2) is 5.69 Å². The molecule has 6 nitrogen and oxygen atoms in total. The first-order valence-corrected chi connectivity index (χ1v) is 4.32. The maximum Gasteiger partial charge on any atom is 0.356 e. The van der Waals surface area contributed by atoms with Gasteiger partial charge < -0.3 is 5.11 Å². The Kier molecular flexibility index (Phi) is 2.34. The molecule has 0 aliphatic heterocycles. The van der Waals surface area contributed by atoms with Crippen molar-refractivity contribution in [2.75, 3.05) is 0 Å². The normalized spacial score (nSPS) is 10.2. The lowest BCUT2D eigenvalue weighted by Gasteiger charge is -1.96. The van der Waals surface area contributed by atoms with Crippen LogP contribution in [-0.4, -0.2) is 31.5 Å². The number of carbonyl (C=O) groups is 1. The molecule has 15 heavy (non-hydrogen) atoms. The van der Waals surface area contributed by atoms with Gasteiger partial charge in [0.2, 0.25) is 0 Å². The lowest BCUT2D eigenvalue weighted by molar-refractivity contribution is 0.0691. The van der Waals surface area contributed by atoms with Crippen LogP contribution in [0.5, 0.6) is 0 Å². The molecule has 7 heteroatoms. The van der Waals surface area contributed by atoms with Crippen molar-refractivity contribution in [3.8, 4) is 11.4 Å². The van der Waals surface area contributed by atoms with Crippen molar-refractivity contribution in [1.82, 2.24) is 20.4 Å². The molecule has 0 bridgehead atoms. The number of aromatic nitrogens is 4. The fraction of sp³-hybridized carbons (Fsp3) is 0. The number of aromatic amines is 1. The van der Waals surface area contributed by atoms with Crippen LogP contribution >= 0.6 is 11.6 Å². The molecule has 2 heterocycles. The highest BCUT2D eigenvalue weighted by Gasteiger charge is 2.16. The Morgan fingerprint density at radius 3 is 2.87 bits per heavy atom. The van der Waals surface area contributed by atoms with E-state index in [-0.39, 0.29) is 11.4 Å². The van der Waals surface area contributed by atoms with Crippen LogP contribution in [0.2, 0.25) is 5.02 Å². The second kappa shape index (κ2) is 3.66. The predicted molar refractivity (Wildman–Crippen MR) is 51.6 cm³/mol. The van der Waals surface area contributed by atoms with Crippen molar-refractivity contribution in [3.05, 3.63) is 29.0 Å². The van der Waals surface area contributed by atoms with Crippen LogP contribution in [0.15, 0.2) is 18.3 Å². The van der Waals surface area contributed by atoms with E-state index in [2.05, 4.69) is 20.4 Å². The number of nitrogens with zero attached hydrogens (tertiary/aromatic N) is 3. The van der Waals surface area contributed by atoms with E-state index in [9.17, 15) is 4.79 Å². The summed E-state index contributed by atoms with van der Waals surface area (Å²) in [7, 11) is 0. The van der Waals surface area contributed by atoms with Crippen molar-refractivity contribution < 1.29 is 9.90 Å². The quantitative estimate of drug-likeness (QED) is 0.800. The molecule has 0 spiro atoms. The van der Waals surface area contributed by atoms with Gasteiger partial charge in [-0.25, -0.2) is 4.79 Å². The molecule has 0 aliphatic carbocycles. The maximum absolute atomic E-state index is 10.8. The van der Waals surface area contributed by atoms with Gasteiger partial charge in [-0.3, -0.25) is 10.1 Å². The van der Waals surface area contributed by atoms with Crippen molar-refractivity contribution in [2.45, 2.75) is 0 Å². The molecule has 2 aromatic rings. The SMILES string of the molecule is O=C(O)c1[nH]nnc1-c1ccc(Cl)cn1. The first kappa shape index (κ1) is 9.60. The summed E-state index contributed by atoms with van der Waals surface area (Å²) in [6.45, 7) is 0. The van der Waals surface area contributed by atoms with Gasteiger partial charge in [0.1, 0.15) is 5.69 Å². The summed E-state index contributed by atoms with van der Waals surface area (Å²) in [5, 5.41) is 18.6. The molecule has 0 aliphatic rings. The summed E-state index contributed by atoms with van der Waals surface area (Å²) in [6, 6.07) is 3.18. The van der Waals surface area contributed by atoms with E-state index < -0.39 is 5.97 Å². The molecule has 2 rings (SSSR count). The number of carboxylic acid groups (broad SMARTS) is 1. The number of halogens is 1. The lowest BCUT2D eigenvalue weighted by atomic mass is 10.2. The van der Waals surface area contributed by atoms with Crippen molar-refractivity contribution in [2.24, 2.45) is 0 Å². The first-order valence-electron chi connectivity index (χ1n) is 3.95. The van der Waals surface area contributed by atoms with E-state index >= 15 is 0 Å². The Labute approximate surface area is 88.9 Å². The Morgan fingerprint density at radius 2 is 2.27 bits per heavy atom. The second-order valence-electron chi connectivity index (χ2n) is 2.70. The average molecular weight is 225 g/mol. The number of hydrogen-bond donors (Lipinski definition) is 2. The fourth-order valence-electron chi connectivity index (χ4n) is 1.07. The number of aromatic carboxylic acids is 1. The van der Waals surface area contributed by atoms with Gasteiger partial charge in [-0.1, -0.05) is 16.8 Å². The molecule has 2 N–H and O–H groups in total. The number of carboxylic acids is 1. The fourth-order valence-corrected chi connectivity index (χ4v) is 1.18. The minimum atomic E-state index is -1.13. The van der Waals surface area contributed by atoms with Crippen LogP contribution in [0.1, 0.15) is 10.5 Å². The largest absolute Gasteiger partial charge is 0.476 e. The van der Waals surface area contributed by atoms with Crippen molar-refractivity contribution >= 4 is 17.6 Å². The monoisotopic (exact) mass is 224 g/mol. The van der Waals surface area contributed by atoms with E-state index in [0.29, 0.717) is 10.7 Å². The zero-order valence-electron chi connectivity index (χ0n) is 7.31. The van der Waals surface area contributed by atoms with Gasteiger partial charge in [-0.15, -0.1) is 5.10 Å². The third kappa shape index (κ3) is 1.79. The van der Waals surface area contributed by atoms with Crippen LogP contribution in [0.4, 0.5) is 0 Å². The molecular formula is C8H5ClN4O2. The summed E-state index contributed by atoms with van der Waals surface area (Å²) >= 11 is 5.65. The van der Waals surface area contributed by atoms with Gasteiger partial charge in [-0.05, 0) is 12.1 Å². The molecular weight excluding hydrogens is 220 g/mol. The summed E-state index contributed by atoms with van der Waals surface area (Å²) in [5.41, 5.74) is 0.509. The number of nitrogens with one attached hydrogen (secondary N) is 1. The Morgan fingerprint density at radius 1 is 1.47 bits per heavy atom. The molecule has 0 fully saturated rings. The Hall–Kier alpha value is -1.95. The highest BCUT2D eigenvalue weighted by atomic mass is 35.5. The first-order chi connectivity index (χ1) is 7.18. The predicted octanol–water partition coefficient (Wildman–Crippen LogP) is 1.22. The topological polar surface area (TPSA) is 91.8 Å². The van der Waals surface area contributed by atoms with Crippen LogP contribution in [0.3, 0.4) is 0 Å². The summed E-state index contributed by atoms with van der Waals surface area (Å²) in [4.78, 5) is 14.7. The third-order valence-corrected chi connectivity index (χ3v) is 1.96. The number of rotatable bonds is 2. The highest BCUT2D eigenvalue weighted by Crippen LogP contribution is 2.18. The van der Waals surface area contributed by atoms with Crippen molar-refractivity contribution in [1.29, 1.82) is 0 Å². The standard InChI is InChI=1S/C8H5ClN4O2/c9-4-1-2-5(10-3-4)6-7(8(14)15)12-13-11-6/h1-3H,(H,14,15)(H,11,12,13). The van der Waals surface area contributed by atoms with Crippen molar-refractivity contribution in [3.63, 3.8) is 0 Å². The van der Waals surface area contributed by atoms with Crippen LogP contribution in [0, 0.1) is 0 Å². The summed E-state index contributed by atoms with van der Waals surface area (Å²) in [5.74, 6) is -1.13. The minimum absolute atomic E-state index is 0.0928.